The van der Waals surface area contributed by atoms with Crippen LogP contribution in [0.1, 0.15) is 10.4 Å². The fraction of sp³-hybridized carbons (Fsp3) is 0.400. The molecule has 3 rings (SSSR count). The molecule has 0 fully saturated rings. The van der Waals surface area contributed by atoms with E-state index >= 15 is 0 Å². The molecule has 13 nitrogen and oxygen atoms in total. The normalized spacial score (nSPS) is 13.6. The van der Waals surface area contributed by atoms with Gasteiger partial charge in [-0.1, -0.05) is 0 Å². The van der Waals surface area contributed by atoms with Crippen LogP contribution < -0.4 is 11.1 Å². The predicted molar refractivity (Wildman–Crippen MR) is 95.3 cm³/mol. The summed E-state index contributed by atoms with van der Waals surface area (Å²) in [5.41, 5.74) is 6.93. The Morgan fingerprint density at radius 2 is 2.14 bits per heavy atom. The van der Waals surface area contributed by atoms with E-state index in [9.17, 15) is 15.0 Å². The summed E-state index contributed by atoms with van der Waals surface area (Å²) in [6.07, 6.45) is 2.02. The highest BCUT2D eigenvalue weighted by Crippen LogP contribution is 2.18. The molecule has 2 unspecified atom stereocenters. The summed E-state index contributed by atoms with van der Waals surface area (Å²) in [5, 5.41) is 34.4. The Kier molecular flexibility index (Phi) is 5.79. The van der Waals surface area contributed by atoms with Gasteiger partial charge >= 0.3 is 0 Å². The van der Waals surface area contributed by atoms with E-state index in [2.05, 4.69) is 25.4 Å². The van der Waals surface area contributed by atoms with Crippen molar-refractivity contribution in [2.24, 2.45) is 0 Å². The van der Waals surface area contributed by atoms with Crippen molar-refractivity contribution in [1.29, 1.82) is 0 Å². The van der Waals surface area contributed by atoms with E-state index in [0.717, 1.165) is 0 Å². The van der Waals surface area contributed by atoms with Gasteiger partial charge in [-0.2, -0.15) is 15.1 Å². The second-order valence-corrected chi connectivity index (χ2v) is 5.81. The van der Waals surface area contributed by atoms with E-state index in [1.165, 1.54) is 35.0 Å². The maximum absolute atomic E-state index is 11.7. The first-order chi connectivity index (χ1) is 13.5. The lowest BCUT2D eigenvalue weighted by Gasteiger charge is -2.19. The molecule has 13 heteroatoms. The number of ether oxygens (including phenoxy) is 1. The second kappa shape index (κ2) is 8.26. The van der Waals surface area contributed by atoms with E-state index in [4.69, 9.17) is 15.6 Å². The lowest BCUT2D eigenvalue weighted by molar-refractivity contribution is -0.0997. The number of aliphatic hydroxyl groups excluding tert-OH is 3. The van der Waals surface area contributed by atoms with Crippen LogP contribution in [0.25, 0.3) is 17.1 Å². The van der Waals surface area contributed by atoms with Crippen molar-refractivity contribution < 1.29 is 24.9 Å². The number of carbonyl (C=O) groups is 1. The van der Waals surface area contributed by atoms with Crippen LogP contribution in [0, 0.1) is 0 Å². The number of carbonyl (C=O) groups excluding carboxylic acids is 1. The average Bonchev–Trinajstić information content (AvgIpc) is 3.35. The van der Waals surface area contributed by atoms with Gasteiger partial charge in [-0.25, -0.2) is 9.67 Å². The van der Waals surface area contributed by atoms with Gasteiger partial charge in [0.15, 0.2) is 11.5 Å². The maximum atomic E-state index is 11.7. The average molecular weight is 392 g/mol. The lowest BCUT2D eigenvalue weighted by atomic mass is 10.2. The minimum atomic E-state index is -1.23. The molecule has 1 amide bonds. The number of aromatic nitrogens is 6. The zero-order valence-electron chi connectivity index (χ0n) is 14.9. The lowest BCUT2D eigenvalue weighted by Crippen LogP contribution is -2.35. The third-order valence-corrected chi connectivity index (χ3v) is 3.98. The zero-order valence-corrected chi connectivity index (χ0v) is 14.9. The highest BCUT2D eigenvalue weighted by Gasteiger charge is 2.20. The van der Waals surface area contributed by atoms with Crippen LogP contribution in [0.2, 0.25) is 0 Å². The third-order valence-electron chi connectivity index (χ3n) is 3.98. The van der Waals surface area contributed by atoms with Gasteiger partial charge in [0.05, 0.1) is 31.3 Å². The summed E-state index contributed by atoms with van der Waals surface area (Å²) in [4.78, 5) is 24.3. The van der Waals surface area contributed by atoms with Gasteiger partial charge in [0, 0.05) is 13.2 Å². The first kappa shape index (κ1) is 19.6. The molecular weight excluding hydrogens is 372 g/mol. The number of anilines is 1. The first-order valence-corrected chi connectivity index (χ1v) is 8.25. The Morgan fingerprint density at radius 1 is 1.36 bits per heavy atom. The number of hydrogen-bond acceptors (Lipinski definition) is 10. The molecular formula is C15H20N8O5. The topological polar surface area (TPSA) is 186 Å². The standard InChI is InChI=1S/C15H20N8O5/c1-17-14(27)8-2-19-23(3-8)15-20-12(16)11-13(21-15)22(6-18-11)7-28-10(5-25)9(26)4-24/h2-3,6,9-10,24-26H,4-5,7H2,1H3,(H,17,27)(H2,16,20,21). The van der Waals surface area contributed by atoms with E-state index in [0.29, 0.717) is 16.7 Å². The van der Waals surface area contributed by atoms with Crippen molar-refractivity contribution >= 4 is 22.9 Å². The van der Waals surface area contributed by atoms with E-state index in [1.807, 2.05) is 0 Å². The fourth-order valence-corrected chi connectivity index (χ4v) is 2.42. The quantitative estimate of drug-likeness (QED) is 0.277. The molecule has 3 aromatic rings. The molecule has 0 aromatic carbocycles. The van der Waals surface area contributed by atoms with Gasteiger partial charge in [-0.15, -0.1) is 0 Å². The SMILES string of the molecule is CNC(=O)c1cnn(-c2nc(N)c3ncn(COC(CO)C(O)CO)c3n2)c1. The molecule has 0 spiro atoms. The van der Waals surface area contributed by atoms with Gasteiger partial charge in [0.1, 0.15) is 24.5 Å². The van der Waals surface area contributed by atoms with Crippen molar-refractivity contribution in [1.82, 2.24) is 34.6 Å². The van der Waals surface area contributed by atoms with Gasteiger partial charge in [0.25, 0.3) is 11.9 Å². The van der Waals surface area contributed by atoms with Crippen molar-refractivity contribution in [2.75, 3.05) is 26.0 Å². The molecule has 3 aromatic heterocycles. The molecule has 6 N–H and O–H groups in total. The molecule has 0 radical (unpaired) electrons. The Balaban J connectivity index is 1.90. The predicted octanol–water partition coefficient (Wildman–Crippen LogP) is -2.36. The zero-order chi connectivity index (χ0) is 20.3. The van der Waals surface area contributed by atoms with Crippen LogP contribution in [0.3, 0.4) is 0 Å². The number of hydrogen-bond donors (Lipinski definition) is 5. The van der Waals surface area contributed by atoms with Crippen molar-refractivity contribution in [3.05, 3.63) is 24.3 Å². The Labute approximate surface area is 158 Å². The molecule has 0 aliphatic heterocycles. The largest absolute Gasteiger partial charge is 0.394 e. The molecule has 28 heavy (non-hydrogen) atoms. The summed E-state index contributed by atoms with van der Waals surface area (Å²) < 4.78 is 8.21. The molecule has 0 saturated heterocycles. The van der Waals surface area contributed by atoms with Crippen LogP contribution >= 0.6 is 0 Å². The number of rotatable bonds is 8. The smallest absolute Gasteiger partial charge is 0.254 e. The molecule has 0 bridgehead atoms. The Bertz CT molecular complexity index is 971. The van der Waals surface area contributed by atoms with E-state index in [1.54, 1.807) is 0 Å². The number of aliphatic hydroxyl groups is 3. The molecule has 0 saturated carbocycles. The van der Waals surface area contributed by atoms with Crippen molar-refractivity contribution in [2.45, 2.75) is 18.9 Å². The highest BCUT2D eigenvalue weighted by atomic mass is 16.5. The first-order valence-electron chi connectivity index (χ1n) is 8.25. The number of nitrogens with one attached hydrogen (secondary N) is 1. The Morgan fingerprint density at radius 3 is 2.82 bits per heavy atom. The summed E-state index contributed by atoms with van der Waals surface area (Å²) in [7, 11) is 1.51. The van der Waals surface area contributed by atoms with E-state index in [-0.39, 0.29) is 24.4 Å². The minimum Gasteiger partial charge on any atom is -0.394 e. The van der Waals surface area contributed by atoms with Crippen molar-refractivity contribution in [3.63, 3.8) is 0 Å². The number of amides is 1. The van der Waals surface area contributed by atoms with Gasteiger partial charge in [-0.05, 0) is 0 Å². The minimum absolute atomic E-state index is 0.102. The number of nitrogens with zero attached hydrogens (tertiary/aromatic N) is 6. The molecule has 0 aliphatic rings. The van der Waals surface area contributed by atoms with Crippen LogP contribution in [-0.4, -0.2) is 83.0 Å². The molecule has 2 atom stereocenters. The van der Waals surface area contributed by atoms with Crippen molar-refractivity contribution in [3.8, 4) is 5.95 Å². The van der Waals surface area contributed by atoms with Crippen LogP contribution in [0.4, 0.5) is 5.82 Å². The molecule has 0 aliphatic carbocycles. The van der Waals surface area contributed by atoms with Gasteiger partial charge in [0.2, 0.25) is 0 Å². The van der Waals surface area contributed by atoms with Crippen LogP contribution in [0.5, 0.6) is 0 Å². The summed E-state index contributed by atoms with van der Waals surface area (Å²) in [5.74, 6) is -0.0860. The van der Waals surface area contributed by atoms with Gasteiger partial charge < -0.3 is 31.1 Å². The third kappa shape index (κ3) is 3.77. The molecule has 150 valence electrons. The van der Waals surface area contributed by atoms with Crippen LogP contribution in [-0.2, 0) is 11.5 Å². The number of imidazole rings is 1. The number of nitrogen functional groups attached to an aromatic ring is 1. The number of fused-ring (bicyclic) bond motifs is 1. The summed E-state index contributed by atoms with van der Waals surface area (Å²) in [6, 6.07) is 0. The number of nitrogens with two attached hydrogens (primary N) is 1. The molecule has 3 heterocycles. The van der Waals surface area contributed by atoms with E-state index < -0.39 is 25.4 Å². The highest BCUT2D eigenvalue weighted by molar-refractivity contribution is 5.93. The second-order valence-electron chi connectivity index (χ2n) is 5.81. The summed E-state index contributed by atoms with van der Waals surface area (Å²) >= 11 is 0. The van der Waals surface area contributed by atoms with Gasteiger partial charge in [-0.3, -0.25) is 9.36 Å². The van der Waals surface area contributed by atoms with Crippen LogP contribution in [0.15, 0.2) is 18.7 Å². The monoisotopic (exact) mass is 392 g/mol. The Hall–Kier alpha value is -3.13. The fourth-order valence-electron chi connectivity index (χ4n) is 2.42. The maximum Gasteiger partial charge on any atom is 0.254 e. The summed E-state index contributed by atoms with van der Waals surface area (Å²) in [6.45, 7) is -1.15.